The van der Waals surface area contributed by atoms with E-state index in [9.17, 15) is 18.0 Å². The number of likely N-dealkylation sites (tertiary alicyclic amines) is 1. The predicted octanol–water partition coefficient (Wildman–Crippen LogP) is 2.70. The number of piperidine rings is 1. The van der Waals surface area contributed by atoms with Gasteiger partial charge in [0, 0.05) is 29.6 Å². The molecule has 2 aromatic rings. The summed E-state index contributed by atoms with van der Waals surface area (Å²) in [5, 5.41) is 5.05. The predicted molar refractivity (Wildman–Crippen MR) is 117 cm³/mol. The smallest absolute Gasteiger partial charge is 0.269 e. The van der Waals surface area contributed by atoms with Crippen molar-refractivity contribution in [3.05, 3.63) is 51.7 Å². The molecule has 0 bridgehead atoms. The number of benzene rings is 1. The molecule has 0 unspecified atom stereocenters. The van der Waals surface area contributed by atoms with Gasteiger partial charge in [-0.25, -0.2) is 12.7 Å². The average molecular weight is 460 g/mol. The number of fused-ring (bicyclic) bond motifs is 1. The molecule has 2 aliphatic heterocycles. The minimum atomic E-state index is -3.85. The Morgan fingerprint density at radius 1 is 1.13 bits per heavy atom. The maximum absolute atomic E-state index is 12.8. The Labute approximate surface area is 186 Å². The van der Waals surface area contributed by atoms with Crippen molar-refractivity contribution in [1.29, 1.82) is 0 Å². The first kappa shape index (κ1) is 20.7. The van der Waals surface area contributed by atoms with Gasteiger partial charge in [-0.3, -0.25) is 14.5 Å². The Balaban J connectivity index is 1.18. The van der Waals surface area contributed by atoms with Crippen LogP contribution in [0.2, 0.25) is 0 Å². The van der Waals surface area contributed by atoms with Gasteiger partial charge in [0.25, 0.3) is 21.8 Å². The van der Waals surface area contributed by atoms with E-state index in [4.69, 9.17) is 0 Å². The highest BCUT2D eigenvalue weighted by Crippen LogP contribution is 2.39. The highest BCUT2D eigenvalue weighted by molar-refractivity contribution is 7.90. The summed E-state index contributed by atoms with van der Waals surface area (Å²) in [4.78, 5) is 28.9. The zero-order chi connectivity index (χ0) is 21.6. The monoisotopic (exact) mass is 459 g/mol. The minimum Gasteiger partial charge on any atom is -0.352 e. The molecule has 1 aromatic carbocycles. The summed E-state index contributed by atoms with van der Waals surface area (Å²) in [5.74, 6) is -0.358. The highest BCUT2D eigenvalue weighted by atomic mass is 32.2. The van der Waals surface area contributed by atoms with Crippen LogP contribution in [0.1, 0.15) is 51.3 Å². The highest BCUT2D eigenvalue weighted by Gasteiger charge is 2.48. The number of hydrogen-bond acceptors (Lipinski definition) is 6. The molecule has 9 heteroatoms. The van der Waals surface area contributed by atoms with Crippen molar-refractivity contribution in [1.82, 2.24) is 14.5 Å². The minimum absolute atomic E-state index is 0.0427. The van der Waals surface area contributed by atoms with Crippen LogP contribution in [0.5, 0.6) is 0 Å². The summed E-state index contributed by atoms with van der Waals surface area (Å²) in [6.45, 7) is 3.57. The van der Waals surface area contributed by atoms with Crippen molar-refractivity contribution in [3.63, 3.8) is 0 Å². The van der Waals surface area contributed by atoms with Gasteiger partial charge >= 0.3 is 0 Å². The molecular formula is C22H25N3O4S2. The summed E-state index contributed by atoms with van der Waals surface area (Å²) in [6, 6.07) is 8.37. The van der Waals surface area contributed by atoms with E-state index >= 15 is 0 Å². The van der Waals surface area contributed by atoms with E-state index < -0.39 is 15.9 Å². The Morgan fingerprint density at radius 3 is 2.58 bits per heavy atom. The van der Waals surface area contributed by atoms with Crippen LogP contribution < -0.4 is 5.32 Å². The Bertz CT molecular complexity index is 1100. The number of thiophene rings is 1. The molecule has 5 rings (SSSR count). The Hall–Kier alpha value is -2.23. The van der Waals surface area contributed by atoms with Crippen molar-refractivity contribution in [3.8, 4) is 0 Å². The molecule has 1 saturated carbocycles. The first-order valence-corrected chi connectivity index (χ1v) is 13.0. The van der Waals surface area contributed by atoms with Crippen molar-refractivity contribution in [2.45, 2.75) is 43.2 Å². The summed E-state index contributed by atoms with van der Waals surface area (Å²) in [6.07, 6.45) is 3.46. The van der Waals surface area contributed by atoms with Gasteiger partial charge in [-0.05, 0) is 74.3 Å². The SMILES string of the molecule is O=C(NCC1CCN(Cc2cccs2)CC1)c1ccc2c(c1)S(=O)(=O)N(C1CC1)C2=O. The van der Waals surface area contributed by atoms with Crippen LogP contribution in [-0.4, -0.2) is 55.1 Å². The lowest BCUT2D eigenvalue weighted by Crippen LogP contribution is -2.38. The largest absolute Gasteiger partial charge is 0.352 e. The third-order valence-corrected chi connectivity index (χ3v) is 9.04. The van der Waals surface area contributed by atoms with Crippen molar-refractivity contribution in [2.75, 3.05) is 19.6 Å². The van der Waals surface area contributed by atoms with Crippen LogP contribution in [0.25, 0.3) is 0 Å². The maximum atomic E-state index is 12.8. The van der Waals surface area contributed by atoms with E-state index in [1.165, 1.54) is 17.0 Å². The van der Waals surface area contributed by atoms with E-state index in [0.29, 0.717) is 25.3 Å². The number of amides is 2. The second-order valence-electron chi connectivity index (χ2n) is 8.56. The second-order valence-corrected chi connectivity index (χ2v) is 11.4. The lowest BCUT2D eigenvalue weighted by molar-refractivity contribution is 0.0863. The van der Waals surface area contributed by atoms with E-state index in [1.807, 2.05) is 0 Å². The lowest BCUT2D eigenvalue weighted by Gasteiger charge is -2.31. The molecule has 3 heterocycles. The third-order valence-electron chi connectivity index (χ3n) is 6.31. The van der Waals surface area contributed by atoms with Gasteiger partial charge < -0.3 is 5.32 Å². The van der Waals surface area contributed by atoms with E-state index in [1.54, 1.807) is 17.4 Å². The van der Waals surface area contributed by atoms with Crippen LogP contribution in [0.3, 0.4) is 0 Å². The van der Waals surface area contributed by atoms with Crippen molar-refractivity contribution in [2.24, 2.45) is 5.92 Å². The topological polar surface area (TPSA) is 86.8 Å². The molecule has 31 heavy (non-hydrogen) atoms. The first-order chi connectivity index (χ1) is 14.9. The molecule has 1 aromatic heterocycles. The molecule has 7 nitrogen and oxygen atoms in total. The summed E-state index contributed by atoms with van der Waals surface area (Å²) < 4.78 is 26.5. The van der Waals surface area contributed by atoms with E-state index in [2.05, 4.69) is 27.7 Å². The molecule has 1 N–H and O–H groups in total. The number of rotatable bonds is 6. The third kappa shape index (κ3) is 4.02. The number of hydrogen-bond donors (Lipinski definition) is 1. The number of nitrogens with zero attached hydrogens (tertiary/aromatic N) is 2. The summed E-state index contributed by atoms with van der Waals surface area (Å²) in [7, 11) is -3.85. The fourth-order valence-corrected chi connectivity index (χ4v) is 6.96. The average Bonchev–Trinajstić information content (AvgIpc) is 3.41. The van der Waals surface area contributed by atoms with E-state index in [-0.39, 0.29) is 28.0 Å². The van der Waals surface area contributed by atoms with Crippen LogP contribution in [-0.2, 0) is 16.6 Å². The summed E-state index contributed by atoms with van der Waals surface area (Å²) >= 11 is 1.78. The zero-order valence-corrected chi connectivity index (χ0v) is 18.8. The molecule has 2 fully saturated rings. The molecule has 164 valence electrons. The van der Waals surface area contributed by atoms with Crippen LogP contribution in [0.15, 0.2) is 40.6 Å². The Morgan fingerprint density at radius 2 is 1.90 bits per heavy atom. The first-order valence-electron chi connectivity index (χ1n) is 10.7. The van der Waals surface area contributed by atoms with E-state index in [0.717, 1.165) is 36.8 Å². The molecular weight excluding hydrogens is 434 g/mol. The molecule has 1 aliphatic carbocycles. The van der Waals surface area contributed by atoms with Crippen LogP contribution in [0.4, 0.5) is 0 Å². The summed E-state index contributed by atoms with van der Waals surface area (Å²) in [5.41, 5.74) is 0.449. The molecule has 0 atom stereocenters. The van der Waals surface area contributed by atoms with Gasteiger partial charge in [-0.2, -0.15) is 0 Å². The van der Waals surface area contributed by atoms with Gasteiger partial charge in [0.05, 0.1) is 5.56 Å². The molecule has 3 aliphatic rings. The second kappa shape index (κ2) is 8.03. The Kier molecular flexibility index (Phi) is 5.35. The number of nitrogens with one attached hydrogen (secondary N) is 1. The van der Waals surface area contributed by atoms with Crippen LogP contribution in [0, 0.1) is 5.92 Å². The molecule has 2 amide bonds. The van der Waals surface area contributed by atoms with Crippen molar-refractivity contribution < 1.29 is 18.0 Å². The standard InChI is InChI=1S/C22H25N3O4S2/c26-21(23-13-15-7-9-24(10-8-15)14-18-2-1-11-30-18)16-3-6-19-20(12-16)31(28,29)25(22(19)27)17-4-5-17/h1-3,6,11-12,15,17H,4-5,7-10,13-14H2,(H,23,26). The van der Waals surface area contributed by atoms with Gasteiger partial charge in [0.2, 0.25) is 0 Å². The molecule has 0 spiro atoms. The number of carbonyl (C=O) groups excluding carboxylic acids is 2. The number of carbonyl (C=O) groups is 2. The van der Waals surface area contributed by atoms with Gasteiger partial charge in [0.1, 0.15) is 4.90 Å². The van der Waals surface area contributed by atoms with Gasteiger partial charge in [0.15, 0.2) is 0 Å². The van der Waals surface area contributed by atoms with Crippen LogP contribution >= 0.6 is 11.3 Å². The maximum Gasteiger partial charge on any atom is 0.269 e. The van der Waals surface area contributed by atoms with Gasteiger partial charge in [-0.1, -0.05) is 6.07 Å². The van der Waals surface area contributed by atoms with Crippen molar-refractivity contribution >= 4 is 33.2 Å². The number of sulfonamides is 1. The zero-order valence-electron chi connectivity index (χ0n) is 17.1. The lowest BCUT2D eigenvalue weighted by atomic mass is 9.96. The fraction of sp³-hybridized carbons (Fsp3) is 0.455. The fourth-order valence-electron chi connectivity index (χ4n) is 4.37. The molecule has 0 radical (unpaired) electrons. The van der Waals surface area contributed by atoms with Gasteiger partial charge in [-0.15, -0.1) is 11.3 Å². The quantitative estimate of drug-likeness (QED) is 0.718. The molecule has 1 saturated heterocycles. The normalized spacial score (nSPS) is 21.3.